The first-order valence-corrected chi connectivity index (χ1v) is 11.2. The van der Waals surface area contributed by atoms with Crippen molar-refractivity contribution >= 4 is 33.3 Å². The predicted octanol–water partition coefficient (Wildman–Crippen LogP) is 4.45. The van der Waals surface area contributed by atoms with Gasteiger partial charge in [0.25, 0.3) is 5.56 Å². The number of benzene rings is 1. The molecule has 1 aliphatic heterocycles. The number of thiophene rings is 1. The molecule has 0 bridgehead atoms. The van der Waals surface area contributed by atoms with Gasteiger partial charge in [0.05, 0.1) is 5.39 Å². The first kappa shape index (κ1) is 17.8. The quantitative estimate of drug-likeness (QED) is 0.340. The molecule has 5 nitrogen and oxygen atoms in total. The van der Waals surface area contributed by atoms with Crippen LogP contribution in [0.25, 0.3) is 10.2 Å². The maximum atomic E-state index is 13.2. The number of ether oxygens (including phenoxy) is 2. The van der Waals surface area contributed by atoms with E-state index in [0.29, 0.717) is 30.0 Å². The molecule has 1 fully saturated rings. The molecule has 0 saturated heterocycles. The third kappa shape index (κ3) is 3.22. The minimum absolute atomic E-state index is 0.0432. The zero-order valence-electron chi connectivity index (χ0n) is 15.3. The van der Waals surface area contributed by atoms with Crippen LogP contribution in [0, 0.1) is 0 Å². The first-order chi connectivity index (χ1) is 13.7. The van der Waals surface area contributed by atoms with E-state index < -0.39 is 0 Å². The second kappa shape index (κ2) is 7.29. The molecule has 1 aromatic carbocycles. The molecule has 1 atom stereocenters. The molecule has 3 aromatic rings. The molecular weight excluding hydrogens is 392 g/mol. The summed E-state index contributed by atoms with van der Waals surface area (Å²) in [6.45, 7) is 4.75. The fraction of sp³-hybridized carbons (Fsp3) is 0.333. The summed E-state index contributed by atoms with van der Waals surface area (Å²) in [6.07, 6.45) is 4.00. The molecule has 2 aromatic heterocycles. The van der Waals surface area contributed by atoms with Gasteiger partial charge in [0, 0.05) is 12.3 Å². The van der Waals surface area contributed by atoms with Gasteiger partial charge in [-0.3, -0.25) is 9.36 Å². The maximum Gasteiger partial charge on any atom is 0.263 e. The van der Waals surface area contributed by atoms with Crippen LogP contribution in [0.15, 0.2) is 52.3 Å². The number of rotatable bonds is 6. The Bertz CT molecular complexity index is 1100. The lowest BCUT2D eigenvalue weighted by Gasteiger charge is -2.26. The topological polar surface area (TPSA) is 53.4 Å². The molecule has 5 rings (SSSR count). The summed E-state index contributed by atoms with van der Waals surface area (Å²) in [7, 11) is 0. The van der Waals surface area contributed by atoms with E-state index >= 15 is 0 Å². The van der Waals surface area contributed by atoms with Gasteiger partial charge >= 0.3 is 0 Å². The van der Waals surface area contributed by atoms with Crippen molar-refractivity contribution in [3.63, 3.8) is 0 Å². The number of nitrogens with zero attached hydrogens (tertiary/aromatic N) is 2. The van der Waals surface area contributed by atoms with E-state index in [-0.39, 0.29) is 11.7 Å². The number of hydrogen-bond donors (Lipinski definition) is 0. The summed E-state index contributed by atoms with van der Waals surface area (Å²) in [5.41, 5.74) is 1.22. The molecule has 7 heteroatoms. The number of hydrogen-bond acceptors (Lipinski definition) is 6. The van der Waals surface area contributed by atoms with Crippen LogP contribution in [0.2, 0.25) is 0 Å². The number of para-hydroxylation sites is 2. The third-order valence-electron chi connectivity index (χ3n) is 4.98. The minimum atomic E-state index is -0.0879. The summed E-state index contributed by atoms with van der Waals surface area (Å²) in [5, 5.41) is 3.62. The molecular formula is C21H20N2O3S2. The lowest BCUT2D eigenvalue weighted by atomic mass is 10.1. The van der Waals surface area contributed by atoms with Crippen molar-refractivity contribution in [2.75, 3.05) is 12.4 Å². The Kier molecular flexibility index (Phi) is 4.64. The predicted molar refractivity (Wildman–Crippen MR) is 113 cm³/mol. The van der Waals surface area contributed by atoms with E-state index in [4.69, 9.17) is 14.5 Å². The summed E-state index contributed by atoms with van der Waals surface area (Å²) >= 11 is 3.11. The lowest BCUT2D eigenvalue weighted by molar-refractivity contribution is 0.107. The number of fused-ring (bicyclic) bond motifs is 2. The lowest BCUT2D eigenvalue weighted by Crippen LogP contribution is -2.31. The largest absolute Gasteiger partial charge is 0.486 e. The Morgan fingerprint density at radius 2 is 2.14 bits per heavy atom. The van der Waals surface area contributed by atoms with E-state index in [0.717, 1.165) is 21.7 Å². The van der Waals surface area contributed by atoms with Gasteiger partial charge in [0.1, 0.15) is 17.5 Å². The second-order valence-corrected chi connectivity index (χ2v) is 8.90. The Labute approximate surface area is 171 Å². The molecule has 2 aliphatic rings. The van der Waals surface area contributed by atoms with E-state index in [1.165, 1.54) is 30.2 Å². The van der Waals surface area contributed by atoms with Gasteiger partial charge < -0.3 is 9.47 Å². The normalized spacial score (nSPS) is 18.4. The van der Waals surface area contributed by atoms with Crippen molar-refractivity contribution in [3.05, 3.63) is 58.2 Å². The van der Waals surface area contributed by atoms with Crippen LogP contribution < -0.4 is 15.0 Å². The van der Waals surface area contributed by atoms with Gasteiger partial charge in [-0.2, -0.15) is 0 Å². The standard InChI is InChI=1S/C21H20N2O3S2/c1-2-9-23-20(24)18-15(13-7-8-13)12-27-19(18)22-21(23)28-11-14-10-25-16-5-3-4-6-17(16)26-14/h2-6,12-14H,1,7-11H2/t14-/m0/s1. The highest BCUT2D eigenvalue weighted by molar-refractivity contribution is 7.99. The van der Waals surface area contributed by atoms with E-state index in [9.17, 15) is 4.79 Å². The van der Waals surface area contributed by atoms with Gasteiger partial charge in [-0.15, -0.1) is 17.9 Å². The summed E-state index contributed by atoms with van der Waals surface area (Å²) in [5.74, 6) is 2.73. The van der Waals surface area contributed by atoms with Crippen molar-refractivity contribution < 1.29 is 9.47 Å². The molecule has 0 spiro atoms. The van der Waals surface area contributed by atoms with E-state index in [1.807, 2.05) is 24.3 Å². The minimum Gasteiger partial charge on any atom is -0.486 e. The highest BCUT2D eigenvalue weighted by Crippen LogP contribution is 2.44. The molecule has 3 heterocycles. The van der Waals surface area contributed by atoms with Gasteiger partial charge in [-0.25, -0.2) is 4.98 Å². The summed E-state index contributed by atoms with van der Waals surface area (Å²) in [6, 6.07) is 7.68. The Morgan fingerprint density at radius 3 is 2.93 bits per heavy atom. The van der Waals surface area contributed by atoms with Crippen molar-refractivity contribution in [3.8, 4) is 11.5 Å². The van der Waals surface area contributed by atoms with Crippen molar-refractivity contribution in [2.24, 2.45) is 0 Å². The number of aromatic nitrogens is 2. The van der Waals surface area contributed by atoms with Gasteiger partial charge in [0.15, 0.2) is 16.7 Å². The van der Waals surface area contributed by atoms with Crippen molar-refractivity contribution in [1.29, 1.82) is 0 Å². The van der Waals surface area contributed by atoms with Crippen LogP contribution in [0.4, 0.5) is 0 Å². The summed E-state index contributed by atoms with van der Waals surface area (Å²) < 4.78 is 13.6. The van der Waals surface area contributed by atoms with Crippen LogP contribution >= 0.6 is 23.1 Å². The zero-order chi connectivity index (χ0) is 19.1. The number of thioether (sulfide) groups is 1. The molecule has 0 N–H and O–H groups in total. The van der Waals surface area contributed by atoms with Crippen molar-refractivity contribution in [2.45, 2.75) is 36.6 Å². The fourth-order valence-electron chi connectivity index (χ4n) is 3.43. The van der Waals surface area contributed by atoms with Crippen LogP contribution in [0.3, 0.4) is 0 Å². The number of allylic oxidation sites excluding steroid dienone is 1. The average Bonchev–Trinajstić information content (AvgIpc) is 3.48. The first-order valence-electron chi connectivity index (χ1n) is 9.38. The molecule has 1 saturated carbocycles. The second-order valence-electron chi connectivity index (χ2n) is 7.05. The van der Waals surface area contributed by atoms with Crippen LogP contribution in [0.5, 0.6) is 11.5 Å². The molecule has 28 heavy (non-hydrogen) atoms. The molecule has 144 valence electrons. The average molecular weight is 413 g/mol. The van der Waals surface area contributed by atoms with Gasteiger partial charge in [-0.05, 0) is 41.8 Å². The highest BCUT2D eigenvalue weighted by Gasteiger charge is 2.29. The van der Waals surface area contributed by atoms with Gasteiger partial charge in [0.2, 0.25) is 0 Å². The Hall–Kier alpha value is -2.25. The molecule has 0 unspecified atom stereocenters. The third-order valence-corrected chi connectivity index (χ3v) is 6.98. The maximum absolute atomic E-state index is 13.2. The molecule has 0 radical (unpaired) electrons. The summed E-state index contributed by atoms with van der Waals surface area (Å²) in [4.78, 5) is 18.8. The van der Waals surface area contributed by atoms with Crippen molar-refractivity contribution in [1.82, 2.24) is 9.55 Å². The Balaban J connectivity index is 1.42. The molecule has 1 aliphatic carbocycles. The smallest absolute Gasteiger partial charge is 0.263 e. The van der Waals surface area contributed by atoms with Gasteiger partial charge in [-0.1, -0.05) is 30.0 Å². The zero-order valence-corrected chi connectivity index (χ0v) is 16.9. The highest BCUT2D eigenvalue weighted by atomic mass is 32.2. The Morgan fingerprint density at radius 1 is 1.32 bits per heavy atom. The van der Waals surface area contributed by atoms with E-state index in [1.54, 1.807) is 22.0 Å². The fourth-order valence-corrected chi connectivity index (χ4v) is 5.47. The van der Waals surface area contributed by atoms with E-state index in [2.05, 4.69) is 12.0 Å². The monoisotopic (exact) mass is 412 g/mol. The SMILES string of the molecule is C=CCn1c(SC[C@@H]2COc3ccccc3O2)nc2scc(C3CC3)c2c1=O. The van der Waals surface area contributed by atoms with Crippen LogP contribution in [-0.2, 0) is 6.54 Å². The van der Waals surface area contributed by atoms with Crippen LogP contribution in [-0.4, -0.2) is 28.0 Å². The molecule has 0 amide bonds. The van der Waals surface area contributed by atoms with Crippen LogP contribution in [0.1, 0.15) is 24.3 Å².